The molecule has 1 heterocycles. The molecule has 0 aliphatic carbocycles. The first-order valence-electron chi connectivity index (χ1n) is 6.06. The molecule has 0 saturated carbocycles. The van der Waals surface area contributed by atoms with Crippen molar-refractivity contribution in [2.75, 3.05) is 31.6 Å². The molecule has 0 bridgehead atoms. The maximum Gasteiger partial charge on any atom is 0.233 e. The smallest absolute Gasteiger partial charge is 0.233 e. The van der Waals surface area contributed by atoms with Gasteiger partial charge in [0.15, 0.2) is 0 Å². The number of rotatable bonds is 3. The lowest BCUT2D eigenvalue weighted by Gasteiger charge is -2.26. The normalized spacial score (nSPS) is 15.1. The van der Waals surface area contributed by atoms with E-state index < -0.39 is 5.91 Å². The minimum atomic E-state index is -0.400. The van der Waals surface area contributed by atoms with E-state index in [1.807, 2.05) is 0 Å². The van der Waals surface area contributed by atoms with Gasteiger partial charge in [0.1, 0.15) is 12.2 Å². The summed E-state index contributed by atoms with van der Waals surface area (Å²) in [7, 11) is 0. The fourth-order valence-electron chi connectivity index (χ4n) is 1.80. The highest BCUT2D eigenvalue weighted by atomic mass is 19.1. The Morgan fingerprint density at radius 2 is 1.84 bits per heavy atom. The quantitative estimate of drug-likeness (QED) is 0.831. The summed E-state index contributed by atoms with van der Waals surface area (Å²) in [5, 5.41) is 2.55. The summed E-state index contributed by atoms with van der Waals surface area (Å²) < 4.78 is 17.8. The first kappa shape index (κ1) is 13.5. The van der Waals surface area contributed by atoms with Crippen molar-refractivity contribution in [3.8, 4) is 0 Å². The van der Waals surface area contributed by atoms with Gasteiger partial charge >= 0.3 is 0 Å². The first-order valence-corrected chi connectivity index (χ1v) is 6.06. The van der Waals surface area contributed by atoms with Crippen molar-refractivity contribution in [1.29, 1.82) is 0 Å². The molecule has 0 radical (unpaired) electrons. The molecule has 102 valence electrons. The Balaban J connectivity index is 1.83. The van der Waals surface area contributed by atoms with Gasteiger partial charge in [0.25, 0.3) is 0 Å². The fraction of sp³-hybridized carbons (Fsp3) is 0.385. The number of halogens is 1. The second-order valence-electron chi connectivity index (χ2n) is 4.23. The van der Waals surface area contributed by atoms with Crippen LogP contribution >= 0.6 is 0 Å². The average Bonchev–Trinajstić information content (AvgIpc) is 2.42. The molecule has 6 heteroatoms. The number of hydrogen-bond donors (Lipinski definition) is 1. The van der Waals surface area contributed by atoms with Gasteiger partial charge in [0, 0.05) is 18.8 Å². The standard InChI is InChI=1S/C13H15FN2O3/c14-10-1-3-11(4-2-10)15-12(17)9-13(18)16-5-7-19-8-6-16/h1-4H,5-9H2,(H,15,17). The van der Waals surface area contributed by atoms with Crippen molar-refractivity contribution < 1.29 is 18.7 Å². The van der Waals surface area contributed by atoms with Crippen molar-refractivity contribution in [3.63, 3.8) is 0 Å². The number of carbonyl (C=O) groups excluding carboxylic acids is 2. The first-order chi connectivity index (χ1) is 9.15. The molecule has 1 aromatic rings. The van der Waals surface area contributed by atoms with Gasteiger partial charge in [0.2, 0.25) is 11.8 Å². The van der Waals surface area contributed by atoms with Crippen LogP contribution < -0.4 is 5.32 Å². The second-order valence-corrected chi connectivity index (χ2v) is 4.23. The van der Waals surface area contributed by atoms with Crippen LogP contribution in [0.1, 0.15) is 6.42 Å². The number of hydrogen-bond acceptors (Lipinski definition) is 3. The van der Waals surface area contributed by atoms with Gasteiger partial charge in [-0.05, 0) is 24.3 Å². The van der Waals surface area contributed by atoms with Crippen LogP contribution in [0, 0.1) is 5.82 Å². The lowest BCUT2D eigenvalue weighted by Crippen LogP contribution is -2.41. The number of carbonyl (C=O) groups is 2. The summed E-state index contributed by atoms with van der Waals surface area (Å²) in [6.45, 7) is 2.04. The van der Waals surface area contributed by atoms with Gasteiger partial charge in [-0.15, -0.1) is 0 Å². The van der Waals surface area contributed by atoms with Crippen LogP contribution in [0.5, 0.6) is 0 Å². The molecular formula is C13H15FN2O3. The highest BCUT2D eigenvalue weighted by Crippen LogP contribution is 2.09. The van der Waals surface area contributed by atoms with E-state index in [0.717, 1.165) is 0 Å². The van der Waals surface area contributed by atoms with Crippen molar-refractivity contribution in [2.45, 2.75) is 6.42 Å². The Kier molecular flexibility index (Phi) is 4.46. The Morgan fingerprint density at radius 1 is 1.21 bits per heavy atom. The minimum Gasteiger partial charge on any atom is -0.378 e. The molecule has 1 N–H and O–H groups in total. The maximum absolute atomic E-state index is 12.7. The zero-order valence-electron chi connectivity index (χ0n) is 10.4. The number of amides is 2. The summed E-state index contributed by atoms with van der Waals surface area (Å²) in [5.41, 5.74) is 0.473. The van der Waals surface area contributed by atoms with E-state index >= 15 is 0 Å². The van der Waals surface area contributed by atoms with Crippen LogP contribution in [0.3, 0.4) is 0 Å². The lowest BCUT2D eigenvalue weighted by molar-refractivity contribution is -0.138. The summed E-state index contributed by atoms with van der Waals surface area (Å²) in [4.78, 5) is 25.1. The number of benzene rings is 1. The molecule has 1 fully saturated rings. The fourth-order valence-corrected chi connectivity index (χ4v) is 1.80. The Bertz CT molecular complexity index is 455. The largest absolute Gasteiger partial charge is 0.378 e. The summed E-state index contributed by atoms with van der Waals surface area (Å²) in [6.07, 6.45) is -0.211. The molecule has 1 aliphatic rings. The van der Waals surface area contributed by atoms with E-state index in [-0.39, 0.29) is 18.1 Å². The third-order valence-corrected chi connectivity index (χ3v) is 2.80. The van der Waals surface area contributed by atoms with Crippen molar-refractivity contribution in [3.05, 3.63) is 30.1 Å². The Morgan fingerprint density at radius 3 is 2.47 bits per heavy atom. The summed E-state index contributed by atoms with van der Waals surface area (Å²) in [5.74, 6) is -0.992. The number of nitrogens with zero attached hydrogens (tertiary/aromatic N) is 1. The van der Waals surface area contributed by atoms with E-state index in [4.69, 9.17) is 4.74 Å². The monoisotopic (exact) mass is 266 g/mol. The Hall–Kier alpha value is -1.95. The Labute approximate surface area is 110 Å². The molecule has 0 atom stereocenters. The van der Waals surface area contributed by atoms with E-state index in [2.05, 4.69) is 5.32 Å². The van der Waals surface area contributed by atoms with Gasteiger partial charge in [-0.1, -0.05) is 0 Å². The molecule has 1 saturated heterocycles. The summed E-state index contributed by atoms with van der Waals surface area (Å²) >= 11 is 0. The summed E-state index contributed by atoms with van der Waals surface area (Å²) in [6, 6.07) is 5.40. The topological polar surface area (TPSA) is 58.6 Å². The predicted molar refractivity (Wildman–Crippen MR) is 67.0 cm³/mol. The SMILES string of the molecule is O=C(CC(=O)N1CCOCC1)Nc1ccc(F)cc1. The van der Waals surface area contributed by atoms with Gasteiger partial charge in [-0.2, -0.15) is 0 Å². The molecular weight excluding hydrogens is 251 g/mol. The zero-order valence-corrected chi connectivity index (χ0v) is 10.4. The molecule has 5 nitrogen and oxygen atoms in total. The average molecular weight is 266 g/mol. The van der Waals surface area contributed by atoms with Gasteiger partial charge in [-0.25, -0.2) is 4.39 Å². The molecule has 0 spiro atoms. The third-order valence-electron chi connectivity index (χ3n) is 2.80. The molecule has 2 rings (SSSR count). The predicted octanol–water partition coefficient (Wildman–Crippen LogP) is 1.01. The van der Waals surface area contributed by atoms with Gasteiger partial charge < -0.3 is 15.0 Å². The van der Waals surface area contributed by atoms with Crippen LogP contribution in [-0.4, -0.2) is 43.0 Å². The molecule has 0 unspecified atom stereocenters. The van der Waals surface area contributed by atoms with E-state index in [0.29, 0.717) is 32.0 Å². The minimum absolute atomic E-state index is 0.211. The molecule has 0 aromatic heterocycles. The van der Waals surface area contributed by atoms with Crippen LogP contribution in [0.25, 0.3) is 0 Å². The van der Waals surface area contributed by atoms with E-state index in [9.17, 15) is 14.0 Å². The van der Waals surface area contributed by atoms with Crippen LogP contribution in [0.4, 0.5) is 10.1 Å². The number of morpholine rings is 1. The lowest BCUT2D eigenvalue weighted by atomic mass is 10.2. The number of nitrogens with one attached hydrogen (secondary N) is 1. The van der Waals surface area contributed by atoms with E-state index in [1.54, 1.807) is 4.90 Å². The van der Waals surface area contributed by atoms with Gasteiger partial charge in [0.05, 0.1) is 13.2 Å². The second kappa shape index (κ2) is 6.29. The van der Waals surface area contributed by atoms with Crippen molar-refractivity contribution >= 4 is 17.5 Å². The number of anilines is 1. The molecule has 2 amide bonds. The molecule has 19 heavy (non-hydrogen) atoms. The van der Waals surface area contributed by atoms with Gasteiger partial charge in [-0.3, -0.25) is 9.59 Å². The van der Waals surface area contributed by atoms with Crippen LogP contribution in [0.15, 0.2) is 24.3 Å². The van der Waals surface area contributed by atoms with Crippen LogP contribution in [-0.2, 0) is 14.3 Å². The van der Waals surface area contributed by atoms with Crippen LogP contribution in [0.2, 0.25) is 0 Å². The highest BCUT2D eigenvalue weighted by Gasteiger charge is 2.19. The molecule has 1 aromatic carbocycles. The van der Waals surface area contributed by atoms with Crippen molar-refractivity contribution in [1.82, 2.24) is 4.90 Å². The third kappa shape index (κ3) is 4.03. The maximum atomic E-state index is 12.7. The zero-order chi connectivity index (χ0) is 13.7. The molecule has 1 aliphatic heterocycles. The van der Waals surface area contributed by atoms with E-state index in [1.165, 1.54) is 24.3 Å². The highest BCUT2D eigenvalue weighted by molar-refractivity contribution is 6.03. The van der Waals surface area contributed by atoms with Crippen molar-refractivity contribution in [2.24, 2.45) is 0 Å². The number of ether oxygens (including phenoxy) is 1.